The van der Waals surface area contributed by atoms with Crippen LogP contribution in [0.25, 0.3) is 0 Å². The molecule has 1 heterocycles. The minimum atomic E-state index is -0.812. The molecule has 1 aliphatic carbocycles. The van der Waals surface area contributed by atoms with Crippen molar-refractivity contribution in [1.29, 1.82) is 0 Å². The summed E-state index contributed by atoms with van der Waals surface area (Å²) in [5.41, 5.74) is 2.81. The van der Waals surface area contributed by atoms with Gasteiger partial charge >= 0.3 is 0 Å². The molecule has 5 heteroatoms. The summed E-state index contributed by atoms with van der Waals surface area (Å²) >= 11 is 7.29. The fraction of sp³-hybridized carbons (Fsp3) is 0.235. The molecule has 0 aliphatic heterocycles. The molecular formula is C17H16ClNO2S. The second kappa shape index (κ2) is 6.65. The van der Waals surface area contributed by atoms with Gasteiger partial charge in [0.15, 0.2) is 0 Å². The molecule has 3 rings (SSSR count). The Morgan fingerprint density at radius 1 is 1.36 bits per heavy atom. The van der Waals surface area contributed by atoms with E-state index in [0.29, 0.717) is 22.2 Å². The normalized spacial score (nSPS) is 14.5. The van der Waals surface area contributed by atoms with Crippen molar-refractivity contribution in [2.24, 2.45) is 0 Å². The van der Waals surface area contributed by atoms with Gasteiger partial charge in [0.05, 0.1) is 0 Å². The predicted molar refractivity (Wildman–Crippen MR) is 88.7 cm³/mol. The van der Waals surface area contributed by atoms with Crippen molar-refractivity contribution in [1.82, 2.24) is 4.98 Å². The zero-order valence-electron chi connectivity index (χ0n) is 12.0. The molecule has 1 aromatic carbocycles. The first kappa shape index (κ1) is 15.3. The van der Waals surface area contributed by atoms with E-state index in [1.54, 1.807) is 6.20 Å². The molecule has 2 aromatic rings. The molecule has 1 fully saturated rings. The second-order valence-electron chi connectivity index (χ2n) is 5.15. The van der Waals surface area contributed by atoms with Crippen LogP contribution in [0.1, 0.15) is 29.5 Å². The number of halogens is 1. The van der Waals surface area contributed by atoms with Crippen molar-refractivity contribution in [2.45, 2.75) is 25.6 Å². The summed E-state index contributed by atoms with van der Waals surface area (Å²) in [6.45, 7) is 4.44. The molecule has 114 valence electrons. The van der Waals surface area contributed by atoms with E-state index in [4.69, 9.17) is 16.3 Å². The Morgan fingerprint density at radius 3 is 2.68 bits per heavy atom. The van der Waals surface area contributed by atoms with Crippen LogP contribution in [0.4, 0.5) is 0 Å². The monoisotopic (exact) mass is 333 g/mol. The summed E-state index contributed by atoms with van der Waals surface area (Å²) in [5.74, 6) is 0.720. The van der Waals surface area contributed by atoms with Crippen molar-refractivity contribution >= 4 is 22.9 Å². The van der Waals surface area contributed by atoms with Gasteiger partial charge in [0.25, 0.3) is 0 Å². The Labute approximate surface area is 138 Å². The minimum Gasteiger partial charge on any atom is -0.489 e. The van der Waals surface area contributed by atoms with Crippen molar-refractivity contribution in [3.05, 3.63) is 74.9 Å². The Balaban J connectivity index is 1.70. The summed E-state index contributed by atoms with van der Waals surface area (Å²) in [4.78, 5) is 4.14. The fourth-order valence-electron chi connectivity index (χ4n) is 2.09. The molecule has 1 aliphatic rings. The van der Waals surface area contributed by atoms with E-state index in [2.05, 4.69) is 11.6 Å². The average Bonchev–Trinajstić information content (AvgIpc) is 3.21. The van der Waals surface area contributed by atoms with E-state index in [1.165, 1.54) is 16.9 Å². The Bertz CT molecular complexity index is 686. The second-order valence-corrected chi connectivity index (χ2v) is 6.51. The highest BCUT2D eigenvalue weighted by Gasteiger charge is 2.26. The molecule has 0 radical (unpaired) electrons. The quantitative estimate of drug-likeness (QED) is 0.782. The molecular weight excluding hydrogens is 318 g/mol. The number of hydrogen-bond donors (Lipinski definition) is 1. The van der Waals surface area contributed by atoms with E-state index in [0.717, 1.165) is 24.2 Å². The van der Waals surface area contributed by atoms with Gasteiger partial charge in [-0.3, -0.25) is 0 Å². The fourth-order valence-corrected chi connectivity index (χ4v) is 2.87. The maximum Gasteiger partial charge on any atom is 0.133 e. The minimum absolute atomic E-state index is 0.430. The number of rotatable bonds is 6. The SMILES string of the molecule is C=C(C(OCc1ccc(Cl)cc1)=C1CC1)C(O)c1nccs1. The van der Waals surface area contributed by atoms with Gasteiger partial charge in [0.2, 0.25) is 0 Å². The van der Waals surface area contributed by atoms with Gasteiger partial charge in [-0.2, -0.15) is 0 Å². The Morgan fingerprint density at radius 2 is 2.09 bits per heavy atom. The lowest BCUT2D eigenvalue weighted by atomic mass is 10.1. The first-order valence-corrected chi connectivity index (χ1v) is 8.27. The molecule has 0 amide bonds. The first-order chi connectivity index (χ1) is 10.6. The van der Waals surface area contributed by atoms with Gasteiger partial charge < -0.3 is 9.84 Å². The van der Waals surface area contributed by atoms with E-state index in [1.807, 2.05) is 29.6 Å². The van der Waals surface area contributed by atoms with Gasteiger partial charge in [-0.25, -0.2) is 4.98 Å². The predicted octanol–water partition coefficient (Wildman–Crippen LogP) is 4.65. The Kier molecular flexibility index (Phi) is 4.62. The molecule has 22 heavy (non-hydrogen) atoms. The lowest BCUT2D eigenvalue weighted by molar-refractivity contribution is 0.168. The van der Waals surface area contributed by atoms with Gasteiger partial charge in [0.1, 0.15) is 23.5 Å². The lowest BCUT2D eigenvalue weighted by Gasteiger charge is -2.16. The number of aromatic nitrogens is 1. The van der Waals surface area contributed by atoms with Gasteiger partial charge in [-0.1, -0.05) is 30.3 Å². The summed E-state index contributed by atoms with van der Waals surface area (Å²) in [6, 6.07) is 7.53. The third kappa shape index (κ3) is 3.58. The zero-order chi connectivity index (χ0) is 15.5. The number of thiazole rings is 1. The molecule has 1 aromatic heterocycles. The van der Waals surface area contributed by atoms with E-state index in [9.17, 15) is 5.11 Å². The van der Waals surface area contributed by atoms with Crippen molar-refractivity contribution in [3.8, 4) is 0 Å². The molecule has 1 atom stereocenters. The third-order valence-corrected chi connectivity index (χ3v) is 4.50. The van der Waals surface area contributed by atoms with E-state index in [-0.39, 0.29) is 0 Å². The third-order valence-electron chi connectivity index (χ3n) is 3.42. The first-order valence-electron chi connectivity index (χ1n) is 7.01. The maximum atomic E-state index is 10.4. The smallest absolute Gasteiger partial charge is 0.133 e. The van der Waals surface area contributed by atoms with Gasteiger partial charge in [0, 0.05) is 22.2 Å². The molecule has 1 unspecified atom stereocenters. The number of allylic oxidation sites excluding steroid dienone is 1. The number of benzene rings is 1. The molecule has 3 nitrogen and oxygen atoms in total. The largest absolute Gasteiger partial charge is 0.489 e. The summed E-state index contributed by atoms with van der Waals surface area (Å²) in [5, 5.41) is 13.6. The van der Waals surface area contributed by atoms with Crippen LogP contribution in [0.3, 0.4) is 0 Å². The van der Waals surface area contributed by atoms with Crippen molar-refractivity contribution in [2.75, 3.05) is 0 Å². The van der Waals surface area contributed by atoms with Crippen molar-refractivity contribution < 1.29 is 9.84 Å². The molecule has 0 bridgehead atoms. The van der Waals surface area contributed by atoms with Crippen LogP contribution in [0.2, 0.25) is 5.02 Å². The highest BCUT2D eigenvalue weighted by atomic mass is 35.5. The summed E-state index contributed by atoms with van der Waals surface area (Å²) in [6.07, 6.45) is 2.86. The number of aliphatic hydroxyl groups excluding tert-OH is 1. The summed E-state index contributed by atoms with van der Waals surface area (Å²) < 4.78 is 5.93. The van der Waals surface area contributed by atoms with Crippen LogP contribution in [-0.4, -0.2) is 10.1 Å². The number of hydrogen-bond acceptors (Lipinski definition) is 4. The summed E-state index contributed by atoms with van der Waals surface area (Å²) in [7, 11) is 0. The lowest BCUT2D eigenvalue weighted by Crippen LogP contribution is -2.06. The topological polar surface area (TPSA) is 42.4 Å². The van der Waals surface area contributed by atoms with Crippen LogP contribution >= 0.6 is 22.9 Å². The van der Waals surface area contributed by atoms with Crippen LogP contribution in [-0.2, 0) is 11.3 Å². The Hall–Kier alpha value is -1.62. The molecule has 1 N–H and O–H groups in total. The number of aliphatic hydroxyl groups is 1. The van der Waals surface area contributed by atoms with E-state index < -0.39 is 6.10 Å². The highest BCUT2D eigenvalue weighted by Crippen LogP contribution is 2.39. The van der Waals surface area contributed by atoms with Crippen LogP contribution in [0.15, 0.2) is 59.3 Å². The highest BCUT2D eigenvalue weighted by molar-refractivity contribution is 7.09. The molecule has 0 spiro atoms. The number of nitrogens with zero attached hydrogens (tertiary/aromatic N) is 1. The average molecular weight is 334 g/mol. The van der Waals surface area contributed by atoms with Crippen molar-refractivity contribution in [3.63, 3.8) is 0 Å². The zero-order valence-corrected chi connectivity index (χ0v) is 13.5. The number of ether oxygens (including phenoxy) is 1. The van der Waals surface area contributed by atoms with Crippen LogP contribution < -0.4 is 0 Å². The maximum absolute atomic E-state index is 10.4. The van der Waals surface area contributed by atoms with Crippen LogP contribution in [0, 0.1) is 0 Å². The standard InChI is InChI=1S/C17H16ClNO2S/c1-11(15(20)17-19-8-9-22-17)16(13-4-5-13)21-10-12-2-6-14(18)7-3-12/h2-3,6-9,15,20H,1,4-5,10H2. The van der Waals surface area contributed by atoms with Crippen LogP contribution in [0.5, 0.6) is 0 Å². The van der Waals surface area contributed by atoms with Gasteiger partial charge in [-0.15, -0.1) is 11.3 Å². The molecule has 0 saturated heterocycles. The van der Waals surface area contributed by atoms with Gasteiger partial charge in [-0.05, 0) is 36.1 Å². The van der Waals surface area contributed by atoms with E-state index >= 15 is 0 Å². The molecule has 1 saturated carbocycles.